The summed E-state index contributed by atoms with van der Waals surface area (Å²) in [6, 6.07) is 0. The summed E-state index contributed by atoms with van der Waals surface area (Å²) in [6.45, 7) is 2.24. The number of unbranched alkanes of at least 4 members (excludes halogenated alkanes) is 9. The van der Waals surface area contributed by atoms with Crippen molar-refractivity contribution < 1.29 is 9.79 Å². The monoisotopic (exact) mass is 270 g/mol. The maximum atomic E-state index is 9.00. The van der Waals surface area contributed by atoms with Gasteiger partial charge in [0.2, 0.25) is 0 Å². The van der Waals surface area contributed by atoms with Gasteiger partial charge in [0.05, 0.1) is 0 Å². The first-order chi connectivity index (χ1) is 7.56. The molecule has 0 radical (unpaired) electrons. The summed E-state index contributed by atoms with van der Waals surface area (Å²) in [5.41, 5.74) is 0. The van der Waals surface area contributed by atoms with Crippen LogP contribution in [0.15, 0.2) is 0 Å². The van der Waals surface area contributed by atoms with E-state index in [1.54, 1.807) is 0 Å². The molecule has 0 unspecified atom stereocenters. The average Bonchev–Trinajstić information content (AvgIpc) is 2.19. The Kier molecular flexibility index (Phi) is 11.2. The van der Waals surface area contributed by atoms with Crippen LogP contribution in [-0.2, 0) is 0 Å². The van der Waals surface area contributed by atoms with Gasteiger partial charge in [-0.15, -0.1) is 0 Å². The van der Waals surface area contributed by atoms with Crippen LogP contribution >= 0.6 is 18.3 Å². The minimum absolute atomic E-state index is 0.408. The Labute approximate surface area is 106 Å². The Hall–Kier alpha value is 0.640. The molecule has 0 saturated heterocycles. The van der Waals surface area contributed by atoms with Gasteiger partial charge in [0.15, 0.2) is 0 Å². The van der Waals surface area contributed by atoms with Gasteiger partial charge in [-0.3, -0.25) is 0 Å². The summed E-state index contributed by atoms with van der Waals surface area (Å²) in [5.74, 6) is 0. The first-order valence-electron chi connectivity index (χ1n) is 6.70. The third-order valence-electron chi connectivity index (χ3n) is 2.85. The van der Waals surface area contributed by atoms with Crippen molar-refractivity contribution in [3.8, 4) is 0 Å². The molecule has 0 aliphatic heterocycles. The van der Waals surface area contributed by atoms with E-state index in [1.165, 1.54) is 51.4 Å². The van der Waals surface area contributed by atoms with Crippen LogP contribution in [0.25, 0.3) is 0 Å². The van der Waals surface area contributed by atoms with Crippen molar-refractivity contribution in [1.29, 1.82) is 0 Å². The van der Waals surface area contributed by atoms with Crippen LogP contribution in [0.3, 0.4) is 0 Å². The van der Waals surface area contributed by atoms with E-state index in [2.05, 4.69) is 6.92 Å². The molecule has 2 nitrogen and oxygen atoms in total. The predicted molar refractivity (Wildman–Crippen MR) is 75.3 cm³/mol. The summed E-state index contributed by atoms with van der Waals surface area (Å²) in [5, 5.41) is 0. The summed E-state index contributed by atoms with van der Waals surface area (Å²) in [7, 11) is -3.28. The standard InChI is InChI=1S/C12H28ClO2P/c1-2-3-4-5-6-7-8-9-10-11-12-16(13,14)15/h14-16H,2-12H2,1H3. The van der Waals surface area contributed by atoms with Gasteiger partial charge in [-0.1, -0.05) is 0 Å². The van der Waals surface area contributed by atoms with E-state index in [1.807, 2.05) is 0 Å². The van der Waals surface area contributed by atoms with E-state index < -0.39 is 7.07 Å². The van der Waals surface area contributed by atoms with Crippen molar-refractivity contribution in [3.63, 3.8) is 0 Å². The molecule has 0 fully saturated rings. The fourth-order valence-corrected chi connectivity index (χ4v) is 2.94. The zero-order valence-corrected chi connectivity index (χ0v) is 12.3. The van der Waals surface area contributed by atoms with Crippen LogP contribution in [0.2, 0.25) is 0 Å². The molecule has 0 rings (SSSR count). The molecule has 0 aliphatic carbocycles. The van der Waals surface area contributed by atoms with E-state index >= 15 is 0 Å². The average molecular weight is 271 g/mol. The van der Waals surface area contributed by atoms with Gasteiger partial charge in [-0.2, -0.15) is 0 Å². The Morgan fingerprint density at radius 2 is 1.12 bits per heavy atom. The van der Waals surface area contributed by atoms with Gasteiger partial charge in [-0.05, 0) is 0 Å². The molecular weight excluding hydrogens is 243 g/mol. The fraction of sp³-hybridized carbons (Fsp3) is 1.00. The van der Waals surface area contributed by atoms with Crippen LogP contribution in [0, 0.1) is 0 Å². The summed E-state index contributed by atoms with van der Waals surface area (Å²) >= 11 is 5.39. The van der Waals surface area contributed by atoms with Crippen LogP contribution in [0.5, 0.6) is 0 Å². The van der Waals surface area contributed by atoms with Crippen molar-refractivity contribution in [2.45, 2.75) is 71.1 Å². The van der Waals surface area contributed by atoms with Gasteiger partial charge >= 0.3 is 105 Å². The Balaban J connectivity index is 2.99. The molecule has 0 aromatic carbocycles. The molecule has 0 bridgehead atoms. The molecule has 0 amide bonds. The first-order valence-corrected chi connectivity index (χ1v) is 9.81. The Morgan fingerprint density at radius 1 is 0.750 bits per heavy atom. The third kappa shape index (κ3) is 14.6. The molecule has 0 atom stereocenters. The molecule has 0 aliphatic rings. The normalized spacial score (nSPS) is 13.0. The van der Waals surface area contributed by atoms with E-state index in [9.17, 15) is 0 Å². The molecule has 2 N–H and O–H groups in total. The summed E-state index contributed by atoms with van der Waals surface area (Å²) in [6.07, 6.45) is 12.9. The molecule has 0 aromatic heterocycles. The van der Waals surface area contributed by atoms with Crippen LogP contribution in [-0.4, -0.2) is 15.9 Å². The molecular formula is C12H28ClO2P. The number of halogens is 1. The number of hydrogen-bond donors (Lipinski definition) is 2. The van der Waals surface area contributed by atoms with Crippen LogP contribution in [0.4, 0.5) is 0 Å². The van der Waals surface area contributed by atoms with Crippen molar-refractivity contribution in [3.05, 3.63) is 0 Å². The second kappa shape index (κ2) is 10.8. The predicted octanol–water partition coefficient (Wildman–Crippen LogP) is 4.63. The van der Waals surface area contributed by atoms with E-state index in [0.717, 1.165) is 12.8 Å². The third-order valence-corrected chi connectivity index (χ3v) is 4.41. The van der Waals surface area contributed by atoms with E-state index in [-0.39, 0.29) is 0 Å². The molecule has 0 spiro atoms. The maximum absolute atomic E-state index is 9.00. The second-order valence-corrected chi connectivity index (χ2v) is 8.40. The van der Waals surface area contributed by atoms with Gasteiger partial charge in [0, 0.05) is 0 Å². The Bertz CT molecular complexity index is 148. The van der Waals surface area contributed by atoms with Crippen LogP contribution < -0.4 is 0 Å². The fourth-order valence-electron chi connectivity index (χ4n) is 1.84. The van der Waals surface area contributed by atoms with Crippen molar-refractivity contribution in [2.75, 3.05) is 6.16 Å². The van der Waals surface area contributed by atoms with Gasteiger partial charge in [0.1, 0.15) is 0 Å². The molecule has 4 heteroatoms. The zero-order chi connectivity index (χ0) is 12.3. The van der Waals surface area contributed by atoms with E-state index in [0.29, 0.717) is 6.16 Å². The molecule has 100 valence electrons. The van der Waals surface area contributed by atoms with Crippen molar-refractivity contribution in [1.82, 2.24) is 0 Å². The van der Waals surface area contributed by atoms with Gasteiger partial charge in [-0.25, -0.2) is 0 Å². The number of hydrogen-bond acceptors (Lipinski definition) is 2. The van der Waals surface area contributed by atoms with Gasteiger partial charge in [0.25, 0.3) is 0 Å². The molecule has 0 saturated carbocycles. The van der Waals surface area contributed by atoms with Crippen molar-refractivity contribution in [2.24, 2.45) is 0 Å². The zero-order valence-electron chi connectivity index (χ0n) is 10.6. The number of rotatable bonds is 11. The van der Waals surface area contributed by atoms with E-state index in [4.69, 9.17) is 21.0 Å². The van der Waals surface area contributed by atoms with Gasteiger partial charge < -0.3 is 0 Å². The Morgan fingerprint density at radius 3 is 1.50 bits per heavy atom. The summed E-state index contributed by atoms with van der Waals surface area (Å²) < 4.78 is 0. The van der Waals surface area contributed by atoms with Crippen molar-refractivity contribution >= 4 is 18.3 Å². The quantitative estimate of drug-likeness (QED) is 0.425. The topological polar surface area (TPSA) is 40.5 Å². The molecule has 16 heavy (non-hydrogen) atoms. The second-order valence-electron chi connectivity index (χ2n) is 4.65. The first kappa shape index (κ1) is 16.6. The summed E-state index contributed by atoms with van der Waals surface area (Å²) in [4.78, 5) is 18.0. The SMILES string of the molecule is CCCCCCCCCCCC[PH](O)(O)Cl. The molecule has 0 aromatic rings. The molecule has 0 heterocycles. The van der Waals surface area contributed by atoms with Crippen LogP contribution in [0.1, 0.15) is 71.1 Å². The minimum atomic E-state index is -3.28.